The first-order valence-corrected chi connectivity index (χ1v) is 3.73. The van der Waals surface area contributed by atoms with Crippen LogP contribution >= 0.6 is 0 Å². The Bertz CT molecular complexity index is 290. The van der Waals surface area contributed by atoms with E-state index in [0.717, 1.165) is 0 Å². The number of aliphatic hydroxyl groups is 2. The van der Waals surface area contributed by atoms with Gasteiger partial charge in [-0.1, -0.05) is 0 Å². The van der Waals surface area contributed by atoms with E-state index in [4.69, 9.17) is 5.11 Å². The number of nitrogens with one attached hydrogen (secondary N) is 1. The Morgan fingerprint density at radius 3 is 3.08 bits per heavy atom. The number of hydrogen-bond donors (Lipinski definition) is 3. The summed E-state index contributed by atoms with van der Waals surface area (Å²) in [5.41, 5.74) is 0.863. The van der Waals surface area contributed by atoms with Gasteiger partial charge in [-0.2, -0.15) is 0 Å². The predicted octanol–water partition coefficient (Wildman–Crippen LogP) is -0.324. The lowest BCUT2D eigenvalue weighted by Gasteiger charge is -2.07. The van der Waals surface area contributed by atoms with Crippen LogP contribution in [-0.2, 0) is 4.79 Å². The number of carbonyl (C=O) groups excluding carboxylic acids is 1. The van der Waals surface area contributed by atoms with E-state index < -0.39 is 12.7 Å². The molecule has 0 bridgehead atoms. The molecule has 1 heterocycles. The number of aromatic nitrogens is 1. The Kier molecular flexibility index (Phi) is 3.36. The average molecular weight is 182 g/mol. The highest BCUT2D eigenvalue weighted by atomic mass is 16.3. The maximum absolute atomic E-state index is 10.1. The van der Waals surface area contributed by atoms with Crippen molar-refractivity contribution >= 4 is 12.1 Å². The highest BCUT2D eigenvalue weighted by Gasteiger charge is 2.07. The zero-order chi connectivity index (χ0) is 9.68. The van der Waals surface area contributed by atoms with Gasteiger partial charge >= 0.3 is 0 Å². The second kappa shape index (κ2) is 4.54. The van der Waals surface area contributed by atoms with Crippen LogP contribution in [-0.4, -0.2) is 28.2 Å². The third-order valence-electron chi connectivity index (χ3n) is 1.52. The van der Waals surface area contributed by atoms with Crippen molar-refractivity contribution < 1.29 is 15.0 Å². The quantitative estimate of drug-likeness (QED) is 0.557. The number of rotatable bonds is 4. The molecule has 5 heteroatoms. The minimum atomic E-state index is -1.01. The summed E-state index contributed by atoms with van der Waals surface area (Å²) in [6.07, 6.45) is 0.971. The second-order valence-corrected chi connectivity index (χ2v) is 2.43. The normalized spacial score (nSPS) is 12.2. The summed E-state index contributed by atoms with van der Waals surface area (Å²) in [4.78, 5) is 13.9. The largest absolute Gasteiger partial charge is 0.393 e. The van der Waals surface area contributed by atoms with E-state index in [1.165, 1.54) is 12.3 Å². The van der Waals surface area contributed by atoms with Crippen LogP contribution in [0, 0.1) is 0 Å². The Labute approximate surface area is 75.0 Å². The summed E-state index contributed by atoms with van der Waals surface area (Å²) < 4.78 is 0. The van der Waals surface area contributed by atoms with E-state index in [9.17, 15) is 9.90 Å². The molecule has 0 aromatic carbocycles. The fourth-order valence-electron chi connectivity index (χ4n) is 0.882. The third-order valence-corrected chi connectivity index (χ3v) is 1.52. The molecule has 0 radical (unpaired) electrons. The zero-order valence-electron chi connectivity index (χ0n) is 6.84. The molecule has 0 aliphatic carbocycles. The van der Waals surface area contributed by atoms with Gasteiger partial charge in [0.05, 0.1) is 12.3 Å². The van der Waals surface area contributed by atoms with Crippen molar-refractivity contribution in [1.29, 1.82) is 0 Å². The molecule has 0 fully saturated rings. The van der Waals surface area contributed by atoms with Crippen LogP contribution in [0.2, 0.25) is 0 Å². The first-order chi connectivity index (χ1) is 6.27. The monoisotopic (exact) mass is 182 g/mol. The molecule has 0 spiro atoms. The van der Waals surface area contributed by atoms with Gasteiger partial charge in [0.15, 0.2) is 0 Å². The van der Waals surface area contributed by atoms with Crippen molar-refractivity contribution in [3.63, 3.8) is 0 Å². The third kappa shape index (κ3) is 2.50. The highest BCUT2D eigenvalue weighted by molar-refractivity contribution is 5.70. The molecule has 70 valence electrons. The van der Waals surface area contributed by atoms with Crippen molar-refractivity contribution in [2.45, 2.75) is 6.10 Å². The van der Waals surface area contributed by atoms with Crippen molar-refractivity contribution in [3.05, 3.63) is 24.0 Å². The maximum Gasteiger partial charge on any atom is 0.211 e. The predicted molar refractivity (Wildman–Crippen MR) is 46.0 cm³/mol. The molecule has 1 unspecified atom stereocenters. The van der Waals surface area contributed by atoms with Gasteiger partial charge in [0.2, 0.25) is 6.41 Å². The number of nitrogens with zero attached hydrogens (tertiary/aromatic N) is 1. The van der Waals surface area contributed by atoms with Crippen molar-refractivity contribution in [3.8, 4) is 0 Å². The standard InChI is InChI=1S/C8H10N2O3/c11-4-8(13)7-3-6(10-5-12)1-2-9-7/h1-3,5,8,11,13H,4H2,(H,9,10,12). The summed E-state index contributed by atoms with van der Waals surface area (Å²) in [5.74, 6) is 0. The summed E-state index contributed by atoms with van der Waals surface area (Å²) in [7, 11) is 0. The fourth-order valence-corrected chi connectivity index (χ4v) is 0.882. The summed E-state index contributed by atoms with van der Waals surface area (Å²) in [6, 6.07) is 3.08. The van der Waals surface area contributed by atoms with Crippen LogP contribution in [0.1, 0.15) is 11.8 Å². The van der Waals surface area contributed by atoms with Crippen molar-refractivity contribution in [1.82, 2.24) is 4.98 Å². The molecule has 1 rings (SSSR count). The number of hydrogen-bond acceptors (Lipinski definition) is 4. The number of carbonyl (C=O) groups is 1. The lowest BCUT2D eigenvalue weighted by molar-refractivity contribution is -0.105. The van der Waals surface area contributed by atoms with Gasteiger partial charge in [-0.05, 0) is 12.1 Å². The number of anilines is 1. The molecule has 5 nitrogen and oxygen atoms in total. The van der Waals surface area contributed by atoms with Gasteiger partial charge < -0.3 is 15.5 Å². The van der Waals surface area contributed by atoms with Crippen LogP contribution in [0.25, 0.3) is 0 Å². The lowest BCUT2D eigenvalue weighted by Crippen LogP contribution is -2.05. The van der Waals surface area contributed by atoms with Crippen LogP contribution in [0.4, 0.5) is 5.69 Å². The van der Waals surface area contributed by atoms with Crippen molar-refractivity contribution in [2.24, 2.45) is 0 Å². The smallest absolute Gasteiger partial charge is 0.211 e. The average Bonchev–Trinajstić information content (AvgIpc) is 2.18. The van der Waals surface area contributed by atoms with E-state index in [1.54, 1.807) is 6.07 Å². The molecule has 1 amide bonds. The molecule has 1 aromatic rings. The first-order valence-electron chi connectivity index (χ1n) is 3.73. The van der Waals surface area contributed by atoms with Gasteiger partial charge in [-0.25, -0.2) is 0 Å². The molecular weight excluding hydrogens is 172 g/mol. The van der Waals surface area contributed by atoms with Gasteiger partial charge in [0.1, 0.15) is 6.10 Å². The lowest BCUT2D eigenvalue weighted by atomic mass is 10.2. The maximum atomic E-state index is 10.1. The van der Waals surface area contributed by atoms with E-state index in [-0.39, 0.29) is 0 Å². The van der Waals surface area contributed by atoms with Gasteiger partial charge in [-0.15, -0.1) is 0 Å². The molecule has 0 aliphatic heterocycles. The highest BCUT2D eigenvalue weighted by Crippen LogP contribution is 2.13. The van der Waals surface area contributed by atoms with Crippen LogP contribution in [0.3, 0.4) is 0 Å². The Morgan fingerprint density at radius 2 is 2.46 bits per heavy atom. The Hall–Kier alpha value is -1.46. The SMILES string of the molecule is O=CNc1ccnc(C(O)CO)c1. The molecule has 1 atom stereocenters. The molecule has 3 N–H and O–H groups in total. The Morgan fingerprint density at radius 1 is 1.69 bits per heavy atom. The second-order valence-electron chi connectivity index (χ2n) is 2.43. The minimum Gasteiger partial charge on any atom is -0.393 e. The molecule has 1 aromatic heterocycles. The van der Waals surface area contributed by atoms with E-state index >= 15 is 0 Å². The van der Waals surface area contributed by atoms with Crippen LogP contribution in [0.5, 0.6) is 0 Å². The van der Waals surface area contributed by atoms with Gasteiger partial charge in [-0.3, -0.25) is 9.78 Å². The van der Waals surface area contributed by atoms with E-state index in [1.807, 2.05) is 0 Å². The minimum absolute atomic E-state index is 0.328. The first kappa shape index (κ1) is 9.63. The van der Waals surface area contributed by atoms with E-state index in [0.29, 0.717) is 17.8 Å². The molecule has 0 aliphatic rings. The topological polar surface area (TPSA) is 82.5 Å². The Balaban J connectivity index is 2.84. The van der Waals surface area contributed by atoms with Crippen LogP contribution in [0.15, 0.2) is 18.3 Å². The molecule has 0 saturated carbocycles. The summed E-state index contributed by atoms with van der Waals surface area (Å²) in [6.45, 7) is -0.391. The zero-order valence-corrected chi connectivity index (χ0v) is 6.84. The van der Waals surface area contributed by atoms with Crippen molar-refractivity contribution in [2.75, 3.05) is 11.9 Å². The summed E-state index contributed by atoms with van der Waals surface area (Å²) in [5, 5.41) is 20.2. The number of amides is 1. The van der Waals surface area contributed by atoms with Crippen LogP contribution < -0.4 is 5.32 Å². The molecular formula is C8H10N2O3. The summed E-state index contributed by atoms with van der Waals surface area (Å²) >= 11 is 0. The number of pyridine rings is 1. The fraction of sp³-hybridized carbons (Fsp3) is 0.250. The van der Waals surface area contributed by atoms with Gasteiger partial charge in [0, 0.05) is 11.9 Å². The van der Waals surface area contributed by atoms with E-state index in [2.05, 4.69) is 10.3 Å². The number of aliphatic hydroxyl groups excluding tert-OH is 2. The van der Waals surface area contributed by atoms with Gasteiger partial charge in [0.25, 0.3) is 0 Å². The molecule has 13 heavy (non-hydrogen) atoms. The molecule has 0 saturated heterocycles.